The lowest BCUT2D eigenvalue weighted by molar-refractivity contribution is 0.103. The molecule has 0 N–H and O–H groups in total. The van der Waals surface area contributed by atoms with Gasteiger partial charge in [0.15, 0.2) is 5.78 Å². The third-order valence-electron chi connectivity index (χ3n) is 6.22. The Kier molecular flexibility index (Phi) is 13.1. The highest BCUT2D eigenvalue weighted by Gasteiger charge is 2.20. The predicted octanol–water partition coefficient (Wildman–Crippen LogP) is 6.54. The average molecular weight is 514 g/mol. The molecular formula is C29H39NO5S. The van der Waals surface area contributed by atoms with E-state index >= 15 is 0 Å². The largest absolute Gasteiger partial charge is 0.494 e. The first-order valence-electron chi connectivity index (χ1n) is 12.9. The second-order valence-electron chi connectivity index (χ2n) is 8.89. The quantitative estimate of drug-likeness (QED) is 0.180. The number of ether oxygens (including phenoxy) is 1. The zero-order valence-corrected chi connectivity index (χ0v) is 22.8. The van der Waals surface area contributed by atoms with E-state index in [1.807, 2.05) is 37.3 Å². The van der Waals surface area contributed by atoms with Gasteiger partial charge >= 0.3 is 11.6 Å². The first-order valence-corrected chi connectivity index (χ1v) is 13.6. The van der Waals surface area contributed by atoms with Crippen LogP contribution in [0.5, 0.6) is 5.75 Å². The summed E-state index contributed by atoms with van der Waals surface area (Å²) in [6.45, 7) is 12.6. The lowest BCUT2D eigenvalue weighted by Crippen LogP contribution is -2.28. The van der Waals surface area contributed by atoms with E-state index in [1.54, 1.807) is 0 Å². The van der Waals surface area contributed by atoms with Gasteiger partial charge in [-0.3, -0.25) is 4.79 Å². The Hall–Kier alpha value is -2.77. The third kappa shape index (κ3) is 8.71. The summed E-state index contributed by atoms with van der Waals surface area (Å²) in [5, 5.41) is 0.896. The number of unbranched alkanes of at least 4 members (excludes halogenated alkanes) is 2. The summed E-state index contributed by atoms with van der Waals surface area (Å²) in [7, 11) is 0. The SMILES string of the molecule is CCCCN(CCCC)CCCOc1ccc(C(=O)c2c(C)oc3ccc(CC)cc23)cc1.O=S=O. The molecule has 0 atom stereocenters. The van der Waals surface area contributed by atoms with E-state index in [2.05, 4.69) is 37.8 Å². The molecule has 3 aromatic rings. The van der Waals surface area contributed by atoms with Crippen molar-refractivity contribution in [2.24, 2.45) is 0 Å². The minimum atomic E-state index is -0.750. The van der Waals surface area contributed by atoms with Gasteiger partial charge in [-0.15, -0.1) is 0 Å². The lowest BCUT2D eigenvalue weighted by Gasteiger charge is -2.21. The molecule has 0 saturated heterocycles. The van der Waals surface area contributed by atoms with E-state index in [4.69, 9.17) is 17.6 Å². The van der Waals surface area contributed by atoms with Gasteiger partial charge in [0.25, 0.3) is 0 Å². The number of rotatable bonds is 14. The molecule has 0 fully saturated rings. The van der Waals surface area contributed by atoms with Crippen molar-refractivity contribution in [1.29, 1.82) is 0 Å². The Bertz CT molecular complexity index is 1110. The lowest BCUT2D eigenvalue weighted by atomic mass is 9.99. The number of carbonyl (C=O) groups is 1. The Labute approximate surface area is 218 Å². The third-order valence-corrected chi connectivity index (χ3v) is 6.22. The highest BCUT2D eigenvalue weighted by Crippen LogP contribution is 2.29. The van der Waals surface area contributed by atoms with E-state index in [0.717, 1.165) is 36.1 Å². The van der Waals surface area contributed by atoms with Crippen molar-refractivity contribution >= 4 is 28.3 Å². The maximum absolute atomic E-state index is 13.3. The zero-order chi connectivity index (χ0) is 26.3. The maximum atomic E-state index is 13.3. The standard InChI is InChI=1S/C29H39NO3.O2S/c1-5-8-17-30(18-9-6-2)19-10-20-32-25-14-12-24(13-15-25)29(31)28-22(4)33-27-16-11-23(7-3)21-26(27)28;1-3-2/h11-16,21H,5-10,17-20H2,1-4H3;. The van der Waals surface area contributed by atoms with E-state index in [9.17, 15) is 4.79 Å². The number of ketones is 1. The first-order chi connectivity index (χ1) is 17.5. The van der Waals surface area contributed by atoms with Gasteiger partial charge in [0.2, 0.25) is 0 Å². The monoisotopic (exact) mass is 513 g/mol. The number of hydrogen-bond donors (Lipinski definition) is 0. The highest BCUT2D eigenvalue weighted by atomic mass is 32.1. The molecule has 0 spiro atoms. The highest BCUT2D eigenvalue weighted by molar-refractivity contribution is 7.51. The number of aryl methyl sites for hydroxylation is 2. The molecule has 0 amide bonds. The molecule has 0 saturated carbocycles. The summed E-state index contributed by atoms with van der Waals surface area (Å²) in [6, 6.07) is 13.6. The molecule has 0 unspecified atom stereocenters. The van der Waals surface area contributed by atoms with Crippen LogP contribution in [0.25, 0.3) is 11.0 Å². The molecule has 0 aliphatic rings. The van der Waals surface area contributed by atoms with Crippen molar-refractivity contribution in [2.45, 2.75) is 66.2 Å². The molecule has 0 bridgehead atoms. The van der Waals surface area contributed by atoms with Crippen LogP contribution in [0.3, 0.4) is 0 Å². The van der Waals surface area contributed by atoms with Crippen molar-refractivity contribution in [1.82, 2.24) is 4.90 Å². The summed E-state index contributed by atoms with van der Waals surface area (Å²) >= 11 is -0.750. The summed E-state index contributed by atoms with van der Waals surface area (Å²) in [5.74, 6) is 1.47. The van der Waals surface area contributed by atoms with Crippen LogP contribution in [0.4, 0.5) is 0 Å². The fourth-order valence-electron chi connectivity index (χ4n) is 4.19. The summed E-state index contributed by atoms with van der Waals surface area (Å²) in [6.07, 6.45) is 6.91. The Morgan fingerprint density at radius 2 is 1.53 bits per heavy atom. The average Bonchev–Trinajstić information content (AvgIpc) is 3.22. The molecule has 36 heavy (non-hydrogen) atoms. The van der Waals surface area contributed by atoms with Crippen molar-refractivity contribution in [3.63, 3.8) is 0 Å². The maximum Gasteiger partial charge on any atom is 0.335 e. The predicted molar refractivity (Wildman–Crippen MR) is 145 cm³/mol. The molecule has 7 heteroatoms. The molecule has 1 heterocycles. The van der Waals surface area contributed by atoms with Crippen LogP contribution in [0.1, 0.15) is 80.1 Å². The molecule has 0 radical (unpaired) electrons. The van der Waals surface area contributed by atoms with Crippen molar-refractivity contribution in [2.75, 3.05) is 26.2 Å². The van der Waals surface area contributed by atoms with Gasteiger partial charge in [0.1, 0.15) is 17.1 Å². The van der Waals surface area contributed by atoms with Crippen molar-refractivity contribution in [3.05, 3.63) is 64.9 Å². The van der Waals surface area contributed by atoms with Crippen molar-refractivity contribution < 1.29 is 22.4 Å². The van der Waals surface area contributed by atoms with Crippen molar-refractivity contribution in [3.8, 4) is 5.75 Å². The molecule has 2 aromatic carbocycles. The molecule has 1 aromatic heterocycles. The first kappa shape index (κ1) is 29.5. The number of nitrogens with zero attached hydrogens (tertiary/aromatic N) is 1. The van der Waals surface area contributed by atoms with Crippen LogP contribution in [0.2, 0.25) is 0 Å². The van der Waals surface area contributed by atoms with Gasteiger partial charge in [0, 0.05) is 17.5 Å². The topological polar surface area (TPSA) is 76.8 Å². The molecule has 3 rings (SSSR count). The summed E-state index contributed by atoms with van der Waals surface area (Å²) < 4.78 is 28.4. The molecule has 0 aliphatic heterocycles. The van der Waals surface area contributed by atoms with Gasteiger partial charge in [-0.2, -0.15) is 8.42 Å². The van der Waals surface area contributed by atoms with E-state index in [0.29, 0.717) is 23.5 Å². The van der Waals surface area contributed by atoms with Gasteiger partial charge in [-0.05, 0) is 87.7 Å². The summed E-state index contributed by atoms with van der Waals surface area (Å²) in [5.41, 5.74) is 3.28. The van der Waals surface area contributed by atoms with Gasteiger partial charge in [-0.25, -0.2) is 0 Å². The Morgan fingerprint density at radius 3 is 2.11 bits per heavy atom. The van der Waals surface area contributed by atoms with E-state index in [1.165, 1.54) is 44.3 Å². The van der Waals surface area contributed by atoms with E-state index in [-0.39, 0.29) is 5.78 Å². The second-order valence-corrected chi connectivity index (χ2v) is 9.03. The smallest absolute Gasteiger partial charge is 0.335 e. The number of fused-ring (bicyclic) bond motifs is 1. The van der Waals surface area contributed by atoms with Crippen LogP contribution in [0, 0.1) is 6.92 Å². The van der Waals surface area contributed by atoms with E-state index < -0.39 is 11.6 Å². The Balaban J connectivity index is 0.00000145. The van der Waals surface area contributed by atoms with Crippen LogP contribution in [0.15, 0.2) is 46.9 Å². The minimum Gasteiger partial charge on any atom is -0.494 e. The van der Waals surface area contributed by atoms with Gasteiger partial charge in [0.05, 0.1) is 12.2 Å². The molecule has 196 valence electrons. The van der Waals surface area contributed by atoms with Gasteiger partial charge < -0.3 is 14.1 Å². The normalized spacial score (nSPS) is 10.8. The molecule has 0 aliphatic carbocycles. The number of benzene rings is 2. The van der Waals surface area contributed by atoms with Crippen LogP contribution in [-0.2, 0) is 18.0 Å². The van der Waals surface area contributed by atoms with Gasteiger partial charge in [-0.1, -0.05) is 39.7 Å². The second kappa shape index (κ2) is 16.1. The van der Waals surface area contributed by atoms with Crippen LogP contribution in [-0.4, -0.2) is 45.3 Å². The van der Waals surface area contributed by atoms with Crippen LogP contribution >= 0.6 is 0 Å². The minimum absolute atomic E-state index is 0.00598. The molecular weight excluding hydrogens is 474 g/mol. The van der Waals surface area contributed by atoms with Crippen LogP contribution < -0.4 is 4.74 Å². The number of carbonyl (C=O) groups excluding carboxylic acids is 1. The zero-order valence-electron chi connectivity index (χ0n) is 22.0. The fourth-order valence-corrected chi connectivity index (χ4v) is 4.19. The number of furan rings is 1. The summed E-state index contributed by atoms with van der Waals surface area (Å²) in [4.78, 5) is 15.8. The molecule has 6 nitrogen and oxygen atoms in total. The number of hydrogen-bond acceptors (Lipinski definition) is 6. The Morgan fingerprint density at radius 1 is 0.917 bits per heavy atom. The fraction of sp³-hybridized carbons (Fsp3) is 0.483.